The Morgan fingerprint density at radius 2 is 1.75 bits per heavy atom. The van der Waals surface area contributed by atoms with Crippen LogP contribution in [0.5, 0.6) is 5.75 Å². The van der Waals surface area contributed by atoms with Crippen LogP contribution in [0.25, 0.3) is 11.3 Å². The third-order valence-electron chi connectivity index (χ3n) is 4.43. The molecule has 2 aromatic heterocycles. The number of para-hydroxylation sites is 1. The molecular weight excluding hydrogens is 350 g/mol. The van der Waals surface area contributed by atoms with Crippen LogP contribution < -0.4 is 10.5 Å². The third kappa shape index (κ3) is 4.20. The Kier molecular flexibility index (Phi) is 5.06. The minimum atomic E-state index is 0.451. The van der Waals surface area contributed by atoms with Crippen LogP contribution in [0.3, 0.4) is 0 Å². The third-order valence-corrected chi connectivity index (χ3v) is 4.43. The number of pyridine rings is 1. The summed E-state index contributed by atoms with van der Waals surface area (Å²) in [7, 11) is 0. The predicted molar refractivity (Wildman–Crippen MR) is 109 cm³/mol. The lowest BCUT2D eigenvalue weighted by Gasteiger charge is -2.07. The summed E-state index contributed by atoms with van der Waals surface area (Å²) < 4.78 is 11.3. The number of benzene rings is 2. The first-order valence-corrected chi connectivity index (χ1v) is 9.12. The molecule has 4 rings (SSSR count). The van der Waals surface area contributed by atoms with Crippen LogP contribution in [0.15, 0.2) is 77.3 Å². The first-order chi connectivity index (χ1) is 13.7. The van der Waals surface area contributed by atoms with Crippen LogP contribution in [0.2, 0.25) is 0 Å². The summed E-state index contributed by atoms with van der Waals surface area (Å²) >= 11 is 0. The standard InChI is InChI=1S/C23H21N3O2/c1-16-5-4-6-18(25-16)15-27-20-11-9-17(10-12-20)13-19-14-23(28-26-19)21-7-2-3-8-22(21)24/h2-12,14H,13,15,24H2,1H3. The highest BCUT2D eigenvalue weighted by atomic mass is 16.5. The van der Waals surface area contributed by atoms with Crippen molar-refractivity contribution in [1.29, 1.82) is 0 Å². The van der Waals surface area contributed by atoms with Gasteiger partial charge in [-0.05, 0) is 48.9 Å². The van der Waals surface area contributed by atoms with Gasteiger partial charge >= 0.3 is 0 Å². The van der Waals surface area contributed by atoms with E-state index in [4.69, 9.17) is 15.0 Å². The lowest BCUT2D eigenvalue weighted by Crippen LogP contribution is -1.99. The van der Waals surface area contributed by atoms with E-state index in [-0.39, 0.29) is 0 Å². The van der Waals surface area contributed by atoms with E-state index in [1.54, 1.807) is 0 Å². The number of rotatable bonds is 6. The van der Waals surface area contributed by atoms with E-state index in [2.05, 4.69) is 10.1 Å². The first-order valence-electron chi connectivity index (χ1n) is 9.12. The Morgan fingerprint density at radius 1 is 0.929 bits per heavy atom. The van der Waals surface area contributed by atoms with Gasteiger partial charge in [0.2, 0.25) is 0 Å². The molecule has 0 aliphatic heterocycles. The van der Waals surface area contributed by atoms with Crippen molar-refractivity contribution in [2.24, 2.45) is 0 Å². The smallest absolute Gasteiger partial charge is 0.169 e. The molecule has 5 nitrogen and oxygen atoms in total. The fourth-order valence-electron chi connectivity index (χ4n) is 2.99. The zero-order valence-electron chi connectivity index (χ0n) is 15.6. The zero-order valence-corrected chi connectivity index (χ0v) is 15.6. The monoisotopic (exact) mass is 371 g/mol. The number of aromatic nitrogens is 2. The van der Waals surface area contributed by atoms with Gasteiger partial charge in [-0.3, -0.25) is 4.98 Å². The minimum absolute atomic E-state index is 0.451. The summed E-state index contributed by atoms with van der Waals surface area (Å²) in [6, 6.07) is 23.4. The van der Waals surface area contributed by atoms with Crippen LogP contribution in [0.1, 0.15) is 22.6 Å². The molecule has 0 unspecified atom stereocenters. The molecule has 0 saturated heterocycles. The lowest BCUT2D eigenvalue weighted by molar-refractivity contribution is 0.301. The number of aryl methyl sites for hydroxylation is 1. The second-order valence-electron chi connectivity index (χ2n) is 6.65. The zero-order chi connectivity index (χ0) is 19.3. The maximum absolute atomic E-state index is 6.00. The number of anilines is 1. The van der Waals surface area contributed by atoms with Gasteiger partial charge in [-0.25, -0.2) is 0 Å². The van der Waals surface area contributed by atoms with E-state index in [1.165, 1.54) is 0 Å². The maximum atomic E-state index is 6.00. The Balaban J connectivity index is 1.39. The summed E-state index contributed by atoms with van der Waals surface area (Å²) in [6.45, 7) is 2.42. The van der Waals surface area contributed by atoms with E-state index in [0.717, 1.165) is 34.0 Å². The molecule has 0 saturated carbocycles. The van der Waals surface area contributed by atoms with Crippen molar-refractivity contribution in [3.8, 4) is 17.1 Å². The highest BCUT2D eigenvalue weighted by molar-refractivity contribution is 5.72. The topological polar surface area (TPSA) is 74.2 Å². The highest BCUT2D eigenvalue weighted by Gasteiger charge is 2.10. The molecule has 2 N–H and O–H groups in total. The molecule has 5 heteroatoms. The Bertz CT molecular complexity index is 1070. The van der Waals surface area contributed by atoms with Crippen molar-refractivity contribution in [2.45, 2.75) is 20.0 Å². The molecule has 0 aliphatic rings. The van der Waals surface area contributed by atoms with Gasteiger partial charge in [-0.2, -0.15) is 0 Å². The highest BCUT2D eigenvalue weighted by Crippen LogP contribution is 2.27. The van der Waals surface area contributed by atoms with E-state index in [1.807, 2.05) is 79.7 Å². The fraction of sp³-hybridized carbons (Fsp3) is 0.130. The summed E-state index contributed by atoms with van der Waals surface area (Å²) in [6.07, 6.45) is 0.677. The van der Waals surface area contributed by atoms with E-state index >= 15 is 0 Å². The van der Waals surface area contributed by atoms with Crippen LogP contribution in [-0.2, 0) is 13.0 Å². The molecule has 140 valence electrons. The summed E-state index contributed by atoms with van der Waals surface area (Å²) in [4.78, 5) is 4.44. The molecule has 0 bridgehead atoms. The van der Waals surface area contributed by atoms with Crippen molar-refractivity contribution < 1.29 is 9.26 Å². The van der Waals surface area contributed by atoms with Crippen LogP contribution >= 0.6 is 0 Å². The van der Waals surface area contributed by atoms with Crippen molar-refractivity contribution in [3.63, 3.8) is 0 Å². The van der Waals surface area contributed by atoms with Gasteiger partial charge in [-0.15, -0.1) is 0 Å². The number of hydrogen-bond acceptors (Lipinski definition) is 5. The lowest BCUT2D eigenvalue weighted by atomic mass is 10.1. The van der Waals surface area contributed by atoms with Crippen LogP contribution in [-0.4, -0.2) is 10.1 Å². The van der Waals surface area contributed by atoms with Crippen LogP contribution in [0, 0.1) is 6.92 Å². The molecule has 0 amide bonds. The van der Waals surface area contributed by atoms with E-state index < -0.39 is 0 Å². The largest absolute Gasteiger partial charge is 0.487 e. The maximum Gasteiger partial charge on any atom is 0.169 e. The predicted octanol–water partition coefficient (Wildman–Crippen LogP) is 4.80. The van der Waals surface area contributed by atoms with Gasteiger partial charge in [0, 0.05) is 29.4 Å². The Labute approximate surface area is 163 Å². The van der Waals surface area contributed by atoms with Gasteiger partial charge < -0.3 is 15.0 Å². The quantitative estimate of drug-likeness (QED) is 0.493. The molecule has 2 aromatic carbocycles. The number of ether oxygens (including phenoxy) is 1. The van der Waals surface area contributed by atoms with Crippen molar-refractivity contribution in [2.75, 3.05) is 5.73 Å². The van der Waals surface area contributed by atoms with Crippen molar-refractivity contribution >= 4 is 5.69 Å². The van der Waals surface area contributed by atoms with Gasteiger partial charge in [0.15, 0.2) is 5.76 Å². The molecule has 0 spiro atoms. The Morgan fingerprint density at radius 3 is 2.54 bits per heavy atom. The molecule has 0 aliphatic carbocycles. The first kappa shape index (κ1) is 17.8. The van der Waals surface area contributed by atoms with Gasteiger partial charge in [0.25, 0.3) is 0 Å². The van der Waals surface area contributed by atoms with Crippen molar-refractivity contribution in [1.82, 2.24) is 10.1 Å². The minimum Gasteiger partial charge on any atom is -0.487 e. The normalized spacial score (nSPS) is 10.8. The second-order valence-corrected chi connectivity index (χ2v) is 6.65. The van der Waals surface area contributed by atoms with E-state index in [0.29, 0.717) is 24.5 Å². The van der Waals surface area contributed by atoms with Gasteiger partial charge in [-0.1, -0.05) is 35.5 Å². The average molecular weight is 371 g/mol. The SMILES string of the molecule is Cc1cccc(COc2ccc(Cc3cc(-c4ccccc4N)on3)cc2)n1. The number of nitrogens with zero attached hydrogens (tertiary/aromatic N) is 2. The number of hydrogen-bond donors (Lipinski definition) is 1. The van der Waals surface area contributed by atoms with Crippen molar-refractivity contribution in [3.05, 3.63) is 95.4 Å². The molecule has 0 fully saturated rings. The second kappa shape index (κ2) is 7.96. The summed E-state index contributed by atoms with van der Waals surface area (Å²) in [5, 5.41) is 4.17. The molecule has 0 atom stereocenters. The van der Waals surface area contributed by atoms with Gasteiger partial charge in [0.05, 0.1) is 11.4 Å². The van der Waals surface area contributed by atoms with Crippen LogP contribution in [0.4, 0.5) is 5.69 Å². The molecule has 0 radical (unpaired) electrons. The molecule has 28 heavy (non-hydrogen) atoms. The Hall–Kier alpha value is -3.60. The molecular formula is C23H21N3O2. The fourth-order valence-corrected chi connectivity index (χ4v) is 2.99. The molecule has 2 heterocycles. The summed E-state index contributed by atoms with van der Waals surface area (Å²) in [5.41, 5.74) is 11.4. The van der Waals surface area contributed by atoms with E-state index in [9.17, 15) is 0 Å². The number of nitrogen functional groups attached to an aromatic ring is 1. The van der Waals surface area contributed by atoms with Gasteiger partial charge in [0.1, 0.15) is 12.4 Å². The average Bonchev–Trinajstić information content (AvgIpc) is 3.16. The molecule has 4 aromatic rings. The number of nitrogens with two attached hydrogens (primary N) is 1. The summed E-state index contributed by atoms with van der Waals surface area (Å²) in [5.74, 6) is 1.49.